The predicted molar refractivity (Wildman–Crippen MR) is 92.6 cm³/mol. The molecule has 0 aliphatic carbocycles. The van der Waals surface area contributed by atoms with E-state index < -0.39 is 37.3 Å². The number of nitro groups is 1. The van der Waals surface area contributed by atoms with E-state index >= 15 is 0 Å². The van der Waals surface area contributed by atoms with Crippen molar-refractivity contribution in [2.24, 2.45) is 0 Å². The Labute approximate surface area is 158 Å². The first-order chi connectivity index (χ1) is 13.1. The molecule has 2 aromatic rings. The average Bonchev–Trinajstić information content (AvgIpc) is 3.17. The molecule has 0 atom stereocenters. The van der Waals surface area contributed by atoms with Gasteiger partial charge in [-0.05, 0) is 37.1 Å². The highest BCUT2D eigenvalue weighted by Crippen LogP contribution is 2.37. The van der Waals surface area contributed by atoms with Crippen LogP contribution in [0, 0.1) is 10.1 Å². The number of benzene rings is 2. The van der Waals surface area contributed by atoms with Crippen LogP contribution in [-0.4, -0.2) is 30.7 Å². The lowest BCUT2D eigenvalue weighted by Crippen LogP contribution is -2.28. The van der Waals surface area contributed by atoms with E-state index in [2.05, 4.69) is 0 Å². The Morgan fingerprint density at radius 1 is 1.07 bits per heavy atom. The summed E-state index contributed by atoms with van der Waals surface area (Å²) < 4.78 is 71.0. The zero-order valence-electron chi connectivity index (χ0n) is 14.3. The van der Waals surface area contributed by atoms with Crippen molar-refractivity contribution >= 4 is 15.7 Å². The maximum absolute atomic E-state index is 12.9. The number of alkyl halides is 3. The molecule has 150 valence electrons. The van der Waals surface area contributed by atoms with Crippen LogP contribution in [0.5, 0.6) is 11.5 Å². The number of sulfonamides is 1. The lowest BCUT2D eigenvalue weighted by Gasteiger charge is -2.18. The minimum absolute atomic E-state index is 0.235. The second-order valence-corrected chi connectivity index (χ2v) is 8.03. The molecule has 0 unspecified atom stereocenters. The maximum Gasteiger partial charge on any atom is 0.416 e. The standard InChI is InChI=1S/C17H15F3N2O5S/c18-17(19,20)12-4-3-5-14(10-12)27-15-7-6-13(22(23)24)11-16(15)28(25,26)21-8-1-2-9-21/h3-7,10-11H,1-2,8-9H2. The molecule has 0 spiro atoms. The van der Waals surface area contributed by atoms with Crippen LogP contribution >= 0.6 is 0 Å². The quantitative estimate of drug-likeness (QED) is 0.539. The van der Waals surface area contributed by atoms with Gasteiger partial charge in [0.15, 0.2) is 0 Å². The van der Waals surface area contributed by atoms with Crippen molar-refractivity contribution in [2.75, 3.05) is 13.1 Å². The number of hydrogen-bond donors (Lipinski definition) is 0. The third-order valence-corrected chi connectivity index (χ3v) is 6.13. The van der Waals surface area contributed by atoms with Crippen molar-refractivity contribution < 1.29 is 31.2 Å². The molecule has 0 amide bonds. The summed E-state index contributed by atoms with van der Waals surface area (Å²) in [4.78, 5) is 9.85. The Hall–Kier alpha value is -2.66. The number of halogens is 3. The van der Waals surface area contributed by atoms with Gasteiger partial charge in [-0.25, -0.2) is 8.42 Å². The molecule has 0 radical (unpaired) electrons. The Balaban J connectivity index is 2.05. The molecule has 7 nitrogen and oxygen atoms in total. The molecule has 3 rings (SSSR count). The Bertz CT molecular complexity index is 1000. The zero-order chi connectivity index (χ0) is 20.5. The minimum Gasteiger partial charge on any atom is -0.456 e. The third kappa shape index (κ3) is 4.09. The van der Waals surface area contributed by atoms with Crippen molar-refractivity contribution in [3.05, 3.63) is 58.1 Å². The summed E-state index contributed by atoms with van der Waals surface area (Å²) >= 11 is 0. The van der Waals surface area contributed by atoms with Gasteiger partial charge in [-0.15, -0.1) is 0 Å². The Morgan fingerprint density at radius 3 is 2.36 bits per heavy atom. The highest BCUT2D eigenvalue weighted by atomic mass is 32.2. The monoisotopic (exact) mass is 416 g/mol. The molecule has 1 fully saturated rings. The molecule has 11 heteroatoms. The topological polar surface area (TPSA) is 89.7 Å². The molecule has 1 saturated heterocycles. The first-order valence-electron chi connectivity index (χ1n) is 8.23. The highest BCUT2D eigenvalue weighted by Gasteiger charge is 2.33. The number of ether oxygens (including phenoxy) is 1. The highest BCUT2D eigenvalue weighted by molar-refractivity contribution is 7.89. The molecule has 1 aliphatic rings. The van der Waals surface area contributed by atoms with E-state index in [0.29, 0.717) is 12.8 Å². The van der Waals surface area contributed by atoms with Gasteiger partial charge in [0.1, 0.15) is 16.4 Å². The van der Waals surface area contributed by atoms with Crippen LogP contribution in [0.15, 0.2) is 47.4 Å². The SMILES string of the molecule is O=[N+]([O-])c1ccc(Oc2cccc(C(F)(F)F)c2)c(S(=O)(=O)N2CCCC2)c1. The lowest BCUT2D eigenvalue weighted by molar-refractivity contribution is -0.385. The average molecular weight is 416 g/mol. The molecule has 1 heterocycles. The Kier molecular flexibility index (Phi) is 5.31. The van der Waals surface area contributed by atoms with Gasteiger partial charge in [-0.2, -0.15) is 17.5 Å². The van der Waals surface area contributed by atoms with Crippen molar-refractivity contribution in [2.45, 2.75) is 23.9 Å². The van der Waals surface area contributed by atoms with Gasteiger partial charge in [0.2, 0.25) is 10.0 Å². The van der Waals surface area contributed by atoms with Gasteiger partial charge >= 0.3 is 6.18 Å². The molecule has 0 aromatic heterocycles. The van der Waals surface area contributed by atoms with Crippen LogP contribution in [0.3, 0.4) is 0 Å². The van der Waals surface area contributed by atoms with Crippen LogP contribution in [-0.2, 0) is 16.2 Å². The first kappa shape index (κ1) is 20.1. The van der Waals surface area contributed by atoms with Crippen molar-refractivity contribution in [3.8, 4) is 11.5 Å². The summed E-state index contributed by atoms with van der Waals surface area (Å²) in [5.41, 5.74) is -1.43. The third-order valence-electron chi connectivity index (χ3n) is 4.21. The van der Waals surface area contributed by atoms with Crippen LogP contribution in [0.25, 0.3) is 0 Å². The van der Waals surface area contributed by atoms with E-state index in [4.69, 9.17) is 4.74 Å². The second kappa shape index (κ2) is 7.40. The van der Waals surface area contributed by atoms with Gasteiger partial charge in [0, 0.05) is 25.2 Å². The molecule has 2 aromatic carbocycles. The van der Waals surface area contributed by atoms with E-state index in [9.17, 15) is 31.7 Å². The molecule has 0 saturated carbocycles. The molecular formula is C17H15F3N2O5S. The number of nitro benzene ring substituents is 1. The minimum atomic E-state index is -4.60. The van der Waals surface area contributed by atoms with Crippen LogP contribution < -0.4 is 4.74 Å². The van der Waals surface area contributed by atoms with Crippen LogP contribution in [0.1, 0.15) is 18.4 Å². The molecule has 28 heavy (non-hydrogen) atoms. The van der Waals surface area contributed by atoms with E-state index in [1.54, 1.807) is 0 Å². The summed E-state index contributed by atoms with van der Waals surface area (Å²) in [5.74, 6) is -0.515. The van der Waals surface area contributed by atoms with Gasteiger partial charge < -0.3 is 4.74 Å². The molecule has 1 aliphatic heterocycles. The Morgan fingerprint density at radius 2 is 1.75 bits per heavy atom. The van der Waals surface area contributed by atoms with Crippen molar-refractivity contribution in [1.29, 1.82) is 0 Å². The van der Waals surface area contributed by atoms with Gasteiger partial charge in [-0.1, -0.05) is 6.07 Å². The molecule has 0 bridgehead atoms. The number of rotatable bonds is 5. The van der Waals surface area contributed by atoms with Gasteiger partial charge in [-0.3, -0.25) is 10.1 Å². The number of non-ortho nitro benzene ring substituents is 1. The summed E-state index contributed by atoms with van der Waals surface area (Å²) in [6.45, 7) is 0.516. The number of hydrogen-bond acceptors (Lipinski definition) is 5. The zero-order valence-corrected chi connectivity index (χ0v) is 15.2. The fourth-order valence-corrected chi connectivity index (χ4v) is 4.48. The van der Waals surface area contributed by atoms with E-state index in [-0.39, 0.29) is 24.6 Å². The van der Waals surface area contributed by atoms with Gasteiger partial charge in [0.25, 0.3) is 5.69 Å². The largest absolute Gasteiger partial charge is 0.456 e. The van der Waals surface area contributed by atoms with Crippen molar-refractivity contribution in [3.63, 3.8) is 0 Å². The fourth-order valence-electron chi connectivity index (χ4n) is 2.83. The normalized spacial score (nSPS) is 15.5. The predicted octanol–water partition coefficient (Wildman–Crippen LogP) is 4.19. The van der Waals surface area contributed by atoms with Crippen molar-refractivity contribution in [1.82, 2.24) is 4.31 Å². The van der Waals surface area contributed by atoms with Gasteiger partial charge in [0.05, 0.1) is 10.5 Å². The van der Waals surface area contributed by atoms with Crippen LogP contribution in [0.2, 0.25) is 0 Å². The maximum atomic E-state index is 12.9. The lowest BCUT2D eigenvalue weighted by atomic mass is 10.2. The van der Waals surface area contributed by atoms with E-state index in [0.717, 1.165) is 36.4 Å². The molecule has 0 N–H and O–H groups in total. The summed E-state index contributed by atoms with van der Waals surface area (Å²) in [7, 11) is -4.10. The summed E-state index contributed by atoms with van der Waals surface area (Å²) in [6, 6.07) is 6.91. The smallest absolute Gasteiger partial charge is 0.416 e. The number of nitrogens with zero attached hydrogens (tertiary/aromatic N) is 2. The molecular weight excluding hydrogens is 401 g/mol. The fraction of sp³-hybridized carbons (Fsp3) is 0.294. The summed E-state index contributed by atoms with van der Waals surface area (Å²) in [6.07, 6.45) is -3.30. The summed E-state index contributed by atoms with van der Waals surface area (Å²) in [5, 5.41) is 11.1. The van der Waals surface area contributed by atoms with E-state index in [1.807, 2.05) is 0 Å². The van der Waals surface area contributed by atoms with Crippen LogP contribution in [0.4, 0.5) is 18.9 Å². The van der Waals surface area contributed by atoms with E-state index in [1.165, 1.54) is 10.4 Å². The second-order valence-electron chi connectivity index (χ2n) is 6.13. The first-order valence-corrected chi connectivity index (χ1v) is 9.67.